The van der Waals surface area contributed by atoms with Gasteiger partial charge in [-0.3, -0.25) is 14.6 Å². The molecule has 1 heterocycles. The zero-order valence-corrected chi connectivity index (χ0v) is 8.52. The molecule has 0 bridgehead atoms. The third-order valence-electron chi connectivity index (χ3n) is 1.56. The smallest absolute Gasteiger partial charge is 0.325 e. The molecule has 0 unspecified atom stereocenters. The molecule has 7 heteroatoms. The topological polar surface area (TPSA) is 92.2 Å². The Morgan fingerprint density at radius 3 is 2.73 bits per heavy atom. The van der Waals surface area contributed by atoms with Crippen molar-refractivity contribution >= 4 is 23.5 Å². The molecule has 1 aromatic rings. The van der Waals surface area contributed by atoms with E-state index in [2.05, 4.69) is 15.3 Å². The molecule has 1 aromatic heterocycles. The molecule has 0 aliphatic heterocycles. The molecule has 0 saturated carbocycles. The summed E-state index contributed by atoms with van der Waals surface area (Å²) >= 11 is 5.52. The first kappa shape index (κ1) is 11.4. The lowest BCUT2D eigenvalue weighted by Gasteiger charge is -2.07. The molecule has 0 spiro atoms. The van der Waals surface area contributed by atoms with Crippen molar-refractivity contribution in [2.75, 3.05) is 0 Å². The second kappa shape index (κ2) is 4.70. The van der Waals surface area contributed by atoms with E-state index in [1.54, 1.807) is 0 Å². The number of aromatic nitrogens is 2. The van der Waals surface area contributed by atoms with Crippen LogP contribution in [0.15, 0.2) is 12.4 Å². The first-order valence-corrected chi connectivity index (χ1v) is 4.39. The summed E-state index contributed by atoms with van der Waals surface area (Å²) in [6, 6.07) is -0.988. The number of nitrogens with one attached hydrogen (secondary N) is 1. The number of carbonyl (C=O) groups is 2. The molecule has 0 fully saturated rings. The highest BCUT2D eigenvalue weighted by Crippen LogP contribution is 2.02. The number of rotatable bonds is 3. The van der Waals surface area contributed by atoms with E-state index >= 15 is 0 Å². The fourth-order valence-corrected chi connectivity index (χ4v) is 0.931. The number of amides is 1. The molecule has 1 rings (SSSR count). The normalized spacial score (nSPS) is 11.9. The molecule has 6 nitrogen and oxygen atoms in total. The molecule has 15 heavy (non-hydrogen) atoms. The van der Waals surface area contributed by atoms with Crippen LogP contribution in [0.5, 0.6) is 0 Å². The maximum absolute atomic E-state index is 11.4. The summed E-state index contributed by atoms with van der Waals surface area (Å²) in [6.07, 6.45) is 2.48. The van der Waals surface area contributed by atoms with Crippen LogP contribution in [0.1, 0.15) is 17.4 Å². The van der Waals surface area contributed by atoms with Crippen LogP contribution in [0.4, 0.5) is 0 Å². The summed E-state index contributed by atoms with van der Waals surface area (Å²) < 4.78 is 0. The van der Waals surface area contributed by atoms with Gasteiger partial charge in [-0.1, -0.05) is 11.6 Å². The number of carboxylic acids is 1. The minimum Gasteiger partial charge on any atom is -0.480 e. The quantitative estimate of drug-likeness (QED) is 0.779. The van der Waals surface area contributed by atoms with Gasteiger partial charge in [0.15, 0.2) is 0 Å². The number of carboxylic acid groups (broad SMARTS) is 1. The molecule has 80 valence electrons. The predicted molar refractivity (Wildman–Crippen MR) is 51.6 cm³/mol. The van der Waals surface area contributed by atoms with Gasteiger partial charge in [0.2, 0.25) is 0 Å². The van der Waals surface area contributed by atoms with E-state index in [-0.39, 0.29) is 10.8 Å². The summed E-state index contributed by atoms with van der Waals surface area (Å²) in [5, 5.41) is 10.9. The zero-order chi connectivity index (χ0) is 11.4. The van der Waals surface area contributed by atoms with Crippen molar-refractivity contribution in [3.05, 3.63) is 23.2 Å². The van der Waals surface area contributed by atoms with Crippen LogP contribution in [0, 0.1) is 0 Å². The molecule has 2 N–H and O–H groups in total. The Bertz CT molecular complexity index is 396. The van der Waals surface area contributed by atoms with Crippen molar-refractivity contribution in [2.24, 2.45) is 0 Å². The summed E-state index contributed by atoms with van der Waals surface area (Å²) in [6.45, 7) is 1.35. The lowest BCUT2D eigenvalue weighted by Crippen LogP contribution is -2.38. The minimum atomic E-state index is -1.13. The summed E-state index contributed by atoms with van der Waals surface area (Å²) in [4.78, 5) is 29.2. The molecule has 0 aromatic carbocycles. The zero-order valence-electron chi connectivity index (χ0n) is 7.77. The Labute approximate surface area is 90.3 Å². The van der Waals surface area contributed by atoms with Crippen LogP contribution in [0.2, 0.25) is 5.15 Å². The van der Waals surface area contributed by atoms with Gasteiger partial charge in [-0.15, -0.1) is 0 Å². The van der Waals surface area contributed by atoms with Crippen molar-refractivity contribution in [3.8, 4) is 0 Å². The molecule has 1 atom stereocenters. The second-order valence-electron chi connectivity index (χ2n) is 2.76. The first-order valence-electron chi connectivity index (χ1n) is 4.02. The minimum absolute atomic E-state index is 0.0180. The third-order valence-corrected chi connectivity index (χ3v) is 1.74. The molecule has 0 aliphatic carbocycles. The lowest BCUT2D eigenvalue weighted by atomic mass is 10.3. The highest BCUT2D eigenvalue weighted by molar-refractivity contribution is 6.29. The van der Waals surface area contributed by atoms with Crippen LogP contribution >= 0.6 is 11.6 Å². The fourth-order valence-electron chi connectivity index (χ4n) is 0.784. The Morgan fingerprint density at radius 2 is 2.20 bits per heavy atom. The van der Waals surface area contributed by atoms with Crippen LogP contribution in [0.25, 0.3) is 0 Å². The molecule has 1 amide bonds. The molecular weight excluding hydrogens is 222 g/mol. The van der Waals surface area contributed by atoms with E-state index in [4.69, 9.17) is 16.7 Å². The van der Waals surface area contributed by atoms with E-state index in [0.717, 1.165) is 0 Å². The van der Waals surface area contributed by atoms with E-state index in [0.29, 0.717) is 0 Å². The van der Waals surface area contributed by atoms with E-state index < -0.39 is 17.9 Å². The van der Waals surface area contributed by atoms with Gasteiger partial charge < -0.3 is 10.4 Å². The number of aliphatic carboxylic acids is 1. The van der Waals surface area contributed by atoms with Gasteiger partial charge in [-0.25, -0.2) is 4.98 Å². The maximum Gasteiger partial charge on any atom is 0.325 e. The average Bonchev–Trinajstić information content (AvgIpc) is 2.17. The SMILES string of the molecule is C[C@H](NC(=O)c1cncc(Cl)n1)C(=O)O. The molecule has 0 aliphatic rings. The number of hydrogen-bond donors (Lipinski definition) is 2. The average molecular weight is 230 g/mol. The monoisotopic (exact) mass is 229 g/mol. The maximum atomic E-state index is 11.4. The van der Waals surface area contributed by atoms with Gasteiger partial charge in [0.25, 0.3) is 5.91 Å². The van der Waals surface area contributed by atoms with Gasteiger partial charge in [-0.05, 0) is 6.92 Å². The van der Waals surface area contributed by atoms with Gasteiger partial charge in [0, 0.05) is 0 Å². The van der Waals surface area contributed by atoms with Crippen molar-refractivity contribution in [2.45, 2.75) is 13.0 Å². The number of halogens is 1. The van der Waals surface area contributed by atoms with E-state index in [1.807, 2.05) is 0 Å². The number of hydrogen-bond acceptors (Lipinski definition) is 4. The summed E-state index contributed by atoms with van der Waals surface area (Å²) in [5.74, 6) is -1.75. The second-order valence-corrected chi connectivity index (χ2v) is 3.15. The van der Waals surface area contributed by atoms with E-state index in [9.17, 15) is 9.59 Å². The van der Waals surface area contributed by atoms with Gasteiger partial charge in [0.1, 0.15) is 16.9 Å². The number of carbonyl (C=O) groups excluding carboxylic acids is 1. The lowest BCUT2D eigenvalue weighted by molar-refractivity contribution is -0.138. The van der Waals surface area contributed by atoms with Crippen LogP contribution < -0.4 is 5.32 Å². The van der Waals surface area contributed by atoms with Crippen LogP contribution in [-0.4, -0.2) is 33.0 Å². The summed E-state index contributed by atoms with van der Waals surface area (Å²) in [7, 11) is 0. The van der Waals surface area contributed by atoms with Gasteiger partial charge >= 0.3 is 5.97 Å². The Hall–Kier alpha value is -1.69. The highest BCUT2D eigenvalue weighted by atomic mass is 35.5. The molecular formula is C8H8ClN3O3. The standard InChI is InChI=1S/C8H8ClN3O3/c1-4(8(14)15)11-7(13)5-2-10-3-6(9)12-5/h2-4H,1H3,(H,11,13)(H,14,15)/t4-/m0/s1. The van der Waals surface area contributed by atoms with Crippen LogP contribution in [-0.2, 0) is 4.79 Å². The third kappa shape index (κ3) is 3.17. The molecule has 0 saturated heterocycles. The van der Waals surface area contributed by atoms with Crippen LogP contribution in [0.3, 0.4) is 0 Å². The van der Waals surface area contributed by atoms with Gasteiger partial charge in [0.05, 0.1) is 12.4 Å². The fraction of sp³-hybridized carbons (Fsp3) is 0.250. The van der Waals surface area contributed by atoms with Crippen molar-refractivity contribution < 1.29 is 14.7 Å². The number of nitrogens with zero attached hydrogens (tertiary/aromatic N) is 2. The van der Waals surface area contributed by atoms with Crippen molar-refractivity contribution in [1.29, 1.82) is 0 Å². The predicted octanol–water partition coefficient (Wildman–Crippen LogP) is 0.333. The van der Waals surface area contributed by atoms with Crippen molar-refractivity contribution in [3.63, 3.8) is 0 Å². The van der Waals surface area contributed by atoms with Gasteiger partial charge in [-0.2, -0.15) is 0 Å². The largest absolute Gasteiger partial charge is 0.480 e. The summed E-state index contributed by atoms with van der Waals surface area (Å²) in [5.41, 5.74) is -0.0180. The highest BCUT2D eigenvalue weighted by Gasteiger charge is 2.16. The first-order chi connectivity index (χ1) is 7.00. The molecule has 0 radical (unpaired) electrons. The van der Waals surface area contributed by atoms with E-state index in [1.165, 1.54) is 19.3 Å². The Balaban J connectivity index is 2.73. The Morgan fingerprint density at radius 1 is 1.53 bits per heavy atom. The van der Waals surface area contributed by atoms with Crippen molar-refractivity contribution in [1.82, 2.24) is 15.3 Å². The Kier molecular flexibility index (Phi) is 3.56.